The van der Waals surface area contributed by atoms with E-state index in [4.69, 9.17) is 0 Å². The van der Waals surface area contributed by atoms with Crippen LogP contribution in [-0.4, -0.2) is 23.4 Å². The van der Waals surface area contributed by atoms with Crippen LogP contribution in [0.3, 0.4) is 0 Å². The molecule has 0 spiro atoms. The highest BCUT2D eigenvalue weighted by molar-refractivity contribution is 7.99. The van der Waals surface area contributed by atoms with Gasteiger partial charge >= 0.3 is 0 Å². The summed E-state index contributed by atoms with van der Waals surface area (Å²) >= 11 is 3.07. The minimum atomic E-state index is -0.549. The Morgan fingerprint density at radius 1 is 1.00 bits per heavy atom. The molecule has 3 nitrogen and oxygen atoms in total. The van der Waals surface area contributed by atoms with Gasteiger partial charge < -0.3 is 5.32 Å². The van der Waals surface area contributed by atoms with Crippen molar-refractivity contribution in [3.63, 3.8) is 0 Å². The Morgan fingerprint density at radius 3 is 2.25 bits per heavy atom. The van der Waals surface area contributed by atoms with Gasteiger partial charge in [-0.25, -0.2) is 9.37 Å². The van der Waals surface area contributed by atoms with Gasteiger partial charge in [0.15, 0.2) is 0 Å². The van der Waals surface area contributed by atoms with Crippen molar-refractivity contribution in [2.24, 2.45) is 0 Å². The Balaban J connectivity index is 2.03. The van der Waals surface area contributed by atoms with Crippen LogP contribution in [0.25, 0.3) is 0 Å². The number of nitrogens with one attached hydrogen (secondary N) is 1. The topological polar surface area (TPSA) is 42.0 Å². The Labute approximate surface area is 173 Å². The number of benzene rings is 2. The first-order chi connectivity index (χ1) is 13.5. The fourth-order valence-corrected chi connectivity index (χ4v) is 4.34. The molecule has 1 heterocycles. The van der Waals surface area contributed by atoms with E-state index in [1.54, 1.807) is 23.9 Å². The first-order valence-corrected chi connectivity index (χ1v) is 11.2. The summed E-state index contributed by atoms with van der Waals surface area (Å²) in [6.45, 7) is 1.94. The summed E-state index contributed by atoms with van der Waals surface area (Å²) in [4.78, 5) is 18.9. The molecule has 1 N–H and O–H groups in total. The normalized spacial score (nSPS) is 11.9. The van der Waals surface area contributed by atoms with Crippen molar-refractivity contribution in [2.75, 3.05) is 17.8 Å². The van der Waals surface area contributed by atoms with E-state index in [-0.39, 0.29) is 11.7 Å². The third-order valence-corrected chi connectivity index (χ3v) is 5.78. The maximum atomic E-state index is 13.4. The predicted molar refractivity (Wildman–Crippen MR) is 116 cm³/mol. The number of aromatic nitrogens is 1. The average molecular weight is 413 g/mol. The number of rotatable bonds is 6. The zero-order chi connectivity index (χ0) is 20.1. The van der Waals surface area contributed by atoms with Crippen LogP contribution < -0.4 is 5.32 Å². The van der Waals surface area contributed by atoms with E-state index < -0.39 is 5.92 Å². The molecule has 0 aliphatic heterocycles. The SMILES string of the molecule is CSc1cc(C)nc(SC)c1NC(=O)C(c1ccccc1)c1ccc(F)cc1. The molecular formula is C22H21FN2OS2. The molecule has 0 aliphatic carbocycles. The minimum absolute atomic E-state index is 0.172. The van der Waals surface area contributed by atoms with Crippen LogP contribution in [0, 0.1) is 12.7 Å². The highest BCUT2D eigenvalue weighted by Gasteiger charge is 2.25. The van der Waals surface area contributed by atoms with Crippen LogP contribution in [-0.2, 0) is 4.79 Å². The Bertz CT molecular complexity index is 937. The second-order valence-corrected chi connectivity index (χ2v) is 7.88. The first-order valence-electron chi connectivity index (χ1n) is 8.74. The molecule has 0 fully saturated rings. The lowest BCUT2D eigenvalue weighted by atomic mass is 9.90. The molecule has 28 heavy (non-hydrogen) atoms. The summed E-state index contributed by atoms with van der Waals surface area (Å²) < 4.78 is 13.4. The molecule has 0 saturated heterocycles. The predicted octanol–water partition coefficient (Wildman–Crippen LogP) is 5.74. The van der Waals surface area contributed by atoms with Gasteiger partial charge in [0, 0.05) is 10.6 Å². The number of anilines is 1. The number of amides is 1. The molecule has 3 aromatic rings. The molecule has 0 saturated carbocycles. The maximum absolute atomic E-state index is 13.4. The molecule has 1 atom stereocenters. The monoisotopic (exact) mass is 412 g/mol. The van der Waals surface area contributed by atoms with Gasteiger partial charge in [-0.2, -0.15) is 0 Å². The smallest absolute Gasteiger partial charge is 0.236 e. The number of pyridine rings is 1. The number of thioether (sulfide) groups is 2. The van der Waals surface area contributed by atoms with Gasteiger partial charge in [-0.1, -0.05) is 42.5 Å². The number of hydrogen-bond acceptors (Lipinski definition) is 4. The Kier molecular flexibility index (Phi) is 6.75. The van der Waals surface area contributed by atoms with E-state index >= 15 is 0 Å². The van der Waals surface area contributed by atoms with Crippen molar-refractivity contribution >= 4 is 35.1 Å². The summed E-state index contributed by atoms with van der Waals surface area (Å²) in [5.41, 5.74) is 3.22. The van der Waals surface area contributed by atoms with Gasteiger partial charge in [0.25, 0.3) is 0 Å². The quantitative estimate of drug-likeness (QED) is 0.524. The molecule has 6 heteroatoms. The van der Waals surface area contributed by atoms with Crippen molar-refractivity contribution in [3.05, 3.63) is 83.3 Å². The fourth-order valence-electron chi connectivity index (χ4n) is 3.03. The van der Waals surface area contributed by atoms with Gasteiger partial charge in [-0.15, -0.1) is 23.5 Å². The van der Waals surface area contributed by atoms with Gasteiger partial charge in [0.05, 0.1) is 11.6 Å². The summed E-state index contributed by atoms with van der Waals surface area (Å²) in [6, 6.07) is 17.6. The lowest BCUT2D eigenvalue weighted by Gasteiger charge is -2.20. The second-order valence-electron chi connectivity index (χ2n) is 6.23. The van der Waals surface area contributed by atoms with E-state index in [1.807, 2.05) is 55.8 Å². The average Bonchev–Trinajstić information content (AvgIpc) is 2.71. The second kappa shape index (κ2) is 9.26. The lowest BCUT2D eigenvalue weighted by Crippen LogP contribution is -2.23. The van der Waals surface area contributed by atoms with E-state index in [2.05, 4.69) is 10.3 Å². The maximum Gasteiger partial charge on any atom is 0.236 e. The molecule has 1 unspecified atom stereocenters. The van der Waals surface area contributed by atoms with Crippen LogP contribution in [0.5, 0.6) is 0 Å². The van der Waals surface area contributed by atoms with Gasteiger partial charge in [-0.3, -0.25) is 4.79 Å². The number of nitrogens with zero attached hydrogens (tertiary/aromatic N) is 1. The van der Waals surface area contributed by atoms with E-state index in [1.165, 1.54) is 23.9 Å². The van der Waals surface area contributed by atoms with E-state index in [0.717, 1.165) is 32.4 Å². The summed E-state index contributed by atoms with van der Waals surface area (Å²) in [5.74, 6) is -1.05. The van der Waals surface area contributed by atoms with Crippen molar-refractivity contribution in [1.82, 2.24) is 4.98 Å². The highest BCUT2D eigenvalue weighted by atomic mass is 32.2. The minimum Gasteiger partial charge on any atom is -0.322 e. The van der Waals surface area contributed by atoms with Gasteiger partial charge in [-0.05, 0) is 48.8 Å². The van der Waals surface area contributed by atoms with Crippen molar-refractivity contribution < 1.29 is 9.18 Å². The molecule has 0 aliphatic rings. The summed E-state index contributed by atoms with van der Waals surface area (Å²) in [6.07, 6.45) is 3.92. The largest absolute Gasteiger partial charge is 0.322 e. The molecule has 0 bridgehead atoms. The standard InChI is InChI=1S/C22H21FN2OS2/c1-14-13-18(27-2)20(22(24-14)28-3)25-21(26)19(15-7-5-4-6-8-15)16-9-11-17(23)12-10-16/h4-13,19H,1-3H3,(H,25,26). The van der Waals surface area contributed by atoms with Crippen LogP contribution in [0.15, 0.2) is 70.6 Å². The molecule has 2 aromatic carbocycles. The highest BCUT2D eigenvalue weighted by Crippen LogP contribution is 2.35. The van der Waals surface area contributed by atoms with Crippen LogP contribution in [0.4, 0.5) is 10.1 Å². The number of carbonyl (C=O) groups excluding carboxylic acids is 1. The van der Waals surface area contributed by atoms with Crippen LogP contribution >= 0.6 is 23.5 Å². The first kappa shape index (κ1) is 20.4. The van der Waals surface area contributed by atoms with Crippen molar-refractivity contribution in [2.45, 2.75) is 22.8 Å². The third-order valence-electron chi connectivity index (χ3n) is 4.34. The molecule has 1 aromatic heterocycles. The number of aryl methyl sites for hydroxylation is 1. The van der Waals surface area contributed by atoms with Gasteiger partial charge in [0.2, 0.25) is 5.91 Å². The number of hydrogen-bond donors (Lipinski definition) is 1. The fraction of sp³-hybridized carbons (Fsp3) is 0.182. The molecule has 1 amide bonds. The summed E-state index contributed by atoms with van der Waals surface area (Å²) in [5, 5.41) is 3.86. The van der Waals surface area contributed by atoms with Crippen molar-refractivity contribution in [1.29, 1.82) is 0 Å². The van der Waals surface area contributed by atoms with Gasteiger partial charge in [0.1, 0.15) is 10.8 Å². The lowest BCUT2D eigenvalue weighted by molar-refractivity contribution is -0.116. The molecule has 0 radical (unpaired) electrons. The zero-order valence-electron chi connectivity index (χ0n) is 15.9. The van der Waals surface area contributed by atoms with E-state index in [0.29, 0.717) is 0 Å². The van der Waals surface area contributed by atoms with Crippen molar-refractivity contribution in [3.8, 4) is 0 Å². The Morgan fingerprint density at radius 2 is 1.64 bits per heavy atom. The van der Waals surface area contributed by atoms with E-state index in [9.17, 15) is 9.18 Å². The number of carbonyl (C=O) groups is 1. The third kappa shape index (κ3) is 4.56. The molecular weight excluding hydrogens is 391 g/mol. The van der Waals surface area contributed by atoms with Crippen LogP contribution in [0.1, 0.15) is 22.7 Å². The molecule has 144 valence electrons. The Hall–Kier alpha value is -2.31. The summed E-state index contributed by atoms with van der Waals surface area (Å²) in [7, 11) is 0. The zero-order valence-corrected chi connectivity index (χ0v) is 17.5. The number of halogens is 1. The molecule has 3 rings (SSSR count). The van der Waals surface area contributed by atoms with Crippen LogP contribution in [0.2, 0.25) is 0 Å².